The van der Waals surface area contributed by atoms with Crippen LogP contribution in [-0.2, 0) is 30.7 Å². The van der Waals surface area contributed by atoms with Crippen LogP contribution in [-0.4, -0.2) is 58.8 Å². The minimum Gasteiger partial charge on any atom is -0.497 e. The van der Waals surface area contributed by atoms with Crippen LogP contribution in [0, 0.1) is 0 Å². The summed E-state index contributed by atoms with van der Waals surface area (Å²) in [5.41, 5.74) is 10.3. The number of para-hydroxylation sites is 1. The first-order valence-corrected chi connectivity index (χ1v) is 16.2. The standard InChI is InChI=1S/C36H39N3O6S/c1-36(2,3)45-35(42)38(16-15-22-11-14-30-27(17-22)26-7-5-6-8-29(26)44-30)20-24-18-28-31(46-33(37)32(28)34(40)41)21-39(24)19-23-9-12-25(43-4)13-10-23/h5-14,17,24H,15-16,18-21,37H2,1-4H3,(H,40,41). The van der Waals surface area contributed by atoms with E-state index in [0.717, 1.165) is 49.3 Å². The first kappa shape index (κ1) is 31.4. The number of benzene rings is 3. The average molecular weight is 642 g/mol. The third-order valence-electron chi connectivity index (χ3n) is 8.37. The lowest BCUT2D eigenvalue weighted by atomic mass is 9.95. The molecule has 1 amide bonds. The minimum absolute atomic E-state index is 0.172. The van der Waals surface area contributed by atoms with Crippen molar-refractivity contribution in [2.24, 2.45) is 0 Å². The smallest absolute Gasteiger partial charge is 0.410 e. The molecule has 3 aromatic carbocycles. The van der Waals surface area contributed by atoms with Crippen LogP contribution in [0.5, 0.6) is 5.75 Å². The largest absolute Gasteiger partial charge is 0.497 e. The fourth-order valence-corrected chi connectivity index (χ4v) is 7.27. The number of aromatic carboxylic acids is 1. The van der Waals surface area contributed by atoms with E-state index >= 15 is 0 Å². The normalized spacial score (nSPS) is 15.2. The summed E-state index contributed by atoms with van der Waals surface area (Å²) in [5.74, 6) is -0.250. The van der Waals surface area contributed by atoms with E-state index in [4.69, 9.17) is 19.6 Å². The van der Waals surface area contributed by atoms with Crippen LogP contribution in [0.15, 0.2) is 71.1 Å². The van der Waals surface area contributed by atoms with Crippen molar-refractivity contribution in [3.63, 3.8) is 0 Å². The molecule has 3 heterocycles. The number of hydrogen-bond acceptors (Lipinski definition) is 8. The number of nitrogens with two attached hydrogens (primary N) is 1. The fourth-order valence-electron chi connectivity index (χ4n) is 6.15. The van der Waals surface area contributed by atoms with Gasteiger partial charge in [0.15, 0.2) is 0 Å². The van der Waals surface area contributed by atoms with E-state index in [1.807, 2.05) is 75.4 Å². The van der Waals surface area contributed by atoms with Crippen LogP contribution < -0.4 is 10.5 Å². The summed E-state index contributed by atoms with van der Waals surface area (Å²) >= 11 is 1.33. The quantitative estimate of drug-likeness (QED) is 0.172. The third kappa shape index (κ3) is 6.68. The van der Waals surface area contributed by atoms with Crippen LogP contribution in [0.2, 0.25) is 0 Å². The first-order valence-electron chi connectivity index (χ1n) is 15.4. The van der Waals surface area contributed by atoms with Crippen molar-refractivity contribution >= 4 is 50.3 Å². The van der Waals surface area contributed by atoms with Gasteiger partial charge in [-0.3, -0.25) is 4.90 Å². The number of carbonyl (C=O) groups is 2. The molecule has 0 radical (unpaired) electrons. The minimum atomic E-state index is -1.02. The van der Waals surface area contributed by atoms with Gasteiger partial charge in [-0.2, -0.15) is 0 Å². The van der Waals surface area contributed by atoms with E-state index in [1.54, 1.807) is 12.0 Å². The topological polar surface area (TPSA) is 118 Å². The number of nitrogen functional groups attached to an aromatic ring is 1. The highest BCUT2D eigenvalue weighted by Gasteiger charge is 2.35. The molecular formula is C36H39N3O6S. The van der Waals surface area contributed by atoms with Crippen molar-refractivity contribution in [3.8, 4) is 5.75 Å². The maximum atomic E-state index is 13.7. The number of methoxy groups -OCH3 is 1. The monoisotopic (exact) mass is 641 g/mol. The second-order valence-corrected chi connectivity index (χ2v) is 13.9. The van der Waals surface area contributed by atoms with Gasteiger partial charge in [0.25, 0.3) is 0 Å². The van der Waals surface area contributed by atoms with Gasteiger partial charge in [0.05, 0.1) is 12.7 Å². The molecule has 0 fully saturated rings. The summed E-state index contributed by atoms with van der Waals surface area (Å²) in [6.45, 7) is 7.50. The highest BCUT2D eigenvalue weighted by molar-refractivity contribution is 7.16. The van der Waals surface area contributed by atoms with Gasteiger partial charge in [0.2, 0.25) is 0 Å². The molecule has 0 aliphatic carbocycles. The lowest BCUT2D eigenvalue weighted by Gasteiger charge is -2.39. The van der Waals surface area contributed by atoms with Crippen LogP contribution in [0.1, 0.15) is 52.7 Å². The van der Waals surface area contributed by atoms with E-state index < -0.39 is 17.7 Å². The highest BCUT2D eigenvalue weighted by atomic mass is 32.1. The van der Waals surface area contributed by atoms with Gasteiger partial charge in [-0.05, 0) is 80.6 Å². The Bertz CT molecular complexity index is 1890. The molecule has 6 rings (SSSR count). The zero-order chi connectivity index (χ0) is 32.6. The molecule has 1 aliphatic heterocycles. The Balaban J connectivity index is 1.29. The van der Waals surface area contributed by atoms with Crippen LogP contribution in [0.3, 0.4) is 0 Å². The summed E-state index contributed by atoms with van der Waals surface area (Å²) < 4.78 is 17.2. The molecule has 46 heavy (non-hydrogen) atoms. The lowest BCUT2D eigenvalue weighted by Crippen LogP contribution is -2.50. The molecule has 0 spiro atoms. The van der Waals surface area contributed by atoms with Crippen molar-refractivity contribution in [2.45, 2.75) is 58.3 Å². The molecule has 0 bridgehead atoms. The second-order valence-electron chi connectivity index (χ2n) is 12.8. The molecular weight excluding hydrogens is 602 g/mol. The van der Waals surface area contributed by atoms with Crippen LogP contribution >= 0.6 is 11.3 Å². The number of ether oxygens (including phenoxy) is 2. The van der Waals surface area contributed by atoms with E-state index in [9.17, 15) is 14.7 Å². The number of carboxylic acids is 1. The Hall–Kier alpha value is -4.54. The molecule has 9 nitrogen and oxygen atoms in total. The van der Waals surface area contributed by atoms with Crippen molar-refractivity contribution in [1.82, 2.24) is 9.80 Å². The van der Waals surface area contributed by atoms with Gasteiger partial charge in [-0.15, -0.1) is 11.3 Å². The Morgan fingerprint density at radius 2 is 1.76 bits per heavy atom. The summed E-state index contributed by atoms with van der Waals surface area (Å²) in [4.78, 5) is 30.9. The number of rotatable bonds is 9. The Labute approximate surface area is 272 Å². The molecule has 240 valence electrons. The second kappa shape index (κ2) is 12.7. The summed E-state index contributed by atoms with van der Waals surface area (Å²) in [5, 5.41) is 12.4. The summed E-state index contributed by atoms with van der Waals surface area (Å²) in [6, 6.07) is 21.9. The van der Waals surface area contributed by atoms with E-state index in [-0.39, 0.29) is 11.6 Å². The van der Waals surface area contributed by atoms with Crippen molar-refractivity contribution in [1.29, 1.82) is 0 Å². The number of thiophene rings is 1. The van der Waals surface area contributed by atoms with Crippen molar-refractivity contribution in [2.75, 3.05) is 25.9 Å². The maximum Gasteiger partial charge on any atom is 0.410 e. The van der Waals surface area contributed by atoms with Gasteiger partial charge in [-0.25, -0.2) is 9.59 Å². The number of carboxylic acid groups (broad SMARTS) is 1. The van der Waals surface area contributed by atoms with Gasteiger partial charge in [0, 0.05) is 47.9 Å². The van der Waals surface area contributed by atoms with E-state index in [2.05, 4.69) is 17.0 Å². The fraction of sp³-hybridized carbons (Fsp3) is 0.333. The van der Waals surface area contributed by atoms with E-state index in [0.29, 0.717) is 44.0 Å². The van der Waals surface area contributed by atoms with E-state index in [1.165, 1.54) is 11.3 Å². The molecule has 0 saturated heterocycles. The van der Waals surface area contributed by atoms with Gasteiger partial charge < -0.3 is 29.6 Å². The number of furan rings is 1. The molecule has 2 aromatic heterocycles. The number of fused-ring (bicyclic) bond motifs is 4. The Kier molecular flexibility index (Phi) is 8.67. The highest BCUT2D eigenvalue weighted by Crippen LogP contribution is 2.38. The third-order valence-corrected chi connectivity index (χ3v) is 9.42. The molecule has 1 unspecified atom stereocenters. The number of amides is 1. The number of carbonyl (C=O) groups excluding carboxylic acids is 1. The van der Waals surface area contributed by atoms with Crippen LogP contribution in [0.25, 0.3) is 21.9 Å². The lowest BCUT2D eigenvalue weighted by molar-refractivity contribution is 0.0170. The average Bonchev–Trinajstić information content (AvgIpc) is 3.54. The Morgan fingerprint density at radius 1 is 1.04 bits per heavy atom. The Morgan fingerprint density at radius 3 is 2.48 bits per heavy atom. The van der Waals surface area contributed by atoms with Gasteiger partial charge in [-0.1, -0.05) is 36.4 Å². The molecule has 3 N–H and O–H groups in total. The molecule has 0 saturated carbocycles. The maximum absolute atomic E-state index is 13.7. The molecule has 5 aromatic rings. The molecule has 10 heteroatoms. The number of hydrogen-bond donors (Lipinski definition) is 2. The number of nitrogens with zero attached hydrogens (tertiary/aromatic N) is 2. The SMILES string of the molecule is COc1ccc(CN2Cc3sc(N)c(C(=O)O)c3CC2CN(CCc2ccc3oc4ccccc4c3c2)C(=O)OC(C)(C)C)cc1. The summed E-state index contributed by atoms with van der Waals surface area (Å²) in [6.07, 6.45) is 0.658. The van der Waals surface area contributed by atoms with Crippen LogP contribution in [0.4, 0.5) is 9.80 Å². The van der Waals surface area contributed by atoms with Gasteiger partial charge >= 0.3 is 12.1 Å². The number of anilines is 1. The first-order chi connectivity index (χ1) is 22.0. The zero-order valence-electron chi connectivity index (χ0n) is 26.5. The summed E-state index contributed by atoms with van der Waals surface area (Å²) in [7, 11) is 1.64. The molecule has 1 aliphatic rings. The van der Waals surface area contributed by atoms with Gasteiger partial charge in [0.1, 0.15) is 27.5 Å². The zero-order valence-corrected chi connectivity index (χ0v) is 27.4. The molecule has 1 atom stereocenters. The predicted octanol–water partition coefficient (Wildman–Crippen LogP) is 7.34. The van der Waals surface area contributed by atoms with Crippen molar-refractivity contribution in [3.05, 3.63) is 93.9 Å². The van der Waals surface area contributed by atoms with Crippen molar-refractivity contribution < 1.29 is 28.6 Å². The predicted molar refractivity (Wildman–Crippen MR) is 181 cm³/mol.